The molecule has 1 aromatic rings. The summed E-state index contributed by atoms with van der Waals surface area (Å²) in [6.07, 6.45) is -1.19. The van der Waals surface area contributed by atoms with Crippen molar-refractivity contribution in [1.82, 2.24) is 4.90 Å². The van der Waals surface area contributed by atoms with E-state index in [0.717, 1.165) is 5.56 Å². The number of amides is 1. The molecule has 1 fully saturated rings. The van der Waals surface area contributed by atoms with Crippen molar-refractivity contribution in [2.24, 2.45) is 5.92 Å². The Morgan fingerprint density at radius 1 is 1.30 bits per heavy atom. The largest absolute Gasteiger partial charge is 0.465 e. The van der Waals surface area contributed by atoms with Gasteiger partial charge in [0.15, 0.2) is 6.29 Å². The zero-order chi connectivity index (χ0) is 14.5. The second kappa shape index (κ2) is 6.72. The standard InChI is InChI=1S/C15H21NO4/c1-11(2)14-19-9-13(10-20-14)16(15(17)18)8-12-6-4-3-5-7-12/h3-7,11,13-14H,8-10H2,1-2H3,(H,17,18). The summed E-state index contributed by atoms with van der Waals surface area (Å²) >= 11 is 0. The molecule has 1 aliphatic heterocycles. The molecule has 2 rings (SSSR count). The van der Waals surface area contributed by atoms with Crippen LogP contribution in [-0.4, -0.2) is 41.6 Å². The number of hydrogen-bond donors (Lipinski definition) is 1. The molecule has 5 nitrogen and oxygen atoms in total. The lowest BCUT2D eigenvalue weighted by Crippen LogP contribution is -2.50. The van der Waals surface area contributed by atoms with E-state index < -0.39 is 6.09 Å². The highest BCUT2D eigenvalue weighted by Gasteiger charge is 2.31. The average Bonchev–Trinajstić information content (AvgIpc) is 2.45. The van der Waals surface area contributed by atoms with Gasteiger partial charge in [0.1, 0.15) is 0 Å². The molecule has 1 N–H and O–H groups in total. The molecule has 0 saturated carbocycles. The van der Waals surface area contributed by atoms with Gasteiger partial charge in [0.25, 0.3) is 0 Å². The molecule has 110 valence electrons. The van der Waals surface area contributed by atoms with Gasteiger partial charge in [-0.05, 0) is 5.56 Å². The van der Waals surface area contributed by atoms with Gasteiger partial charge in [0.2, 0.25) is 0 Å². The highest BCUT2D eigenvalue weighted by Crippen LogP contribution is 2.18. The minimum Gasteiger partial charge on any atom is -0.465 e. The van der Waals surface area contributed by atoms with Crippen molar-refractivity contribution in [3.8, 4) is 0 Å². The van der Waals surface area contributed by atoms with E-state index in [1.807, 2.05) is 44.2 Å². The monoisotopic (exact) mass is 279 g/mol. The molecule has 1 heterocycles. The Morgan fingerprint density at radius 2 is 1.90 bits per heavy atom. The smallest absolute Gasteiger partial charge is 0.408 e. The summed E-state index contributed by atoms with van der Waals surface area (Å²) in [5.41, 5.74) is 0.959. The number of carboxylic acid groups (broad SMARTS) is 1. The predicted molar refractivity (Wildman–Crippen MR) is 74.3 cm³/mol. The van der Waals surface area contributed by atoms with Crippen molar-refractivity contribution < 1.29 is 19.4 Å². The highest BCUT2D eigenvalue weighted by molar-refractivity contribution is 5.65. The third-order valence-electron chi connectivity index (χ3n) is 3.33. The topological polar surface area (TPSA) is 59.0 Å². The number of nitrogens with zero attached hydrogens (tertiary/aromatic N) is 1. The van der Waals surface area contributed by atoms with Crippen LogP contribution in [0.25, 0.3) is 0 Å². The van der Waals surface area contributed by atoms with Crippen LogP contribution in [0.15, 0.2) is 30.3 Å². The van der Waals surface area contributed by atoms with E-state index >= 15 is 0 Å². The number of rotatable bonds is 4. The number of carbonyl (C=O) groups is 1. The Hall–Kier alpha value is -1.59. The van der Waals surface area contributed by atoms with Crippen LogP contribution in [0.3, 0.4) is 0 Å². The van der Waals surface area contributed by atoms with Crippen molar-refractivity contribution >= 4 is 6.09 Å². The Morgan fingerprint density at radius 3 is 2.40 bits per heavy atom. The second-order valence-corrected chi connectivity index (χ2v) is 5.33. The molecular weight excluding hydrogens is 258 g/mol. The van der Waals surface area contributed by atoms with Crippen LogP contribution < -0.4 is 0 Å². The lowest BCUT2D eigenvalue weighted by atomic mass is 10.1. The number of ether oxygens (including phenoxy) is 2. The van der Waals surface area contributed by atoms with E-state index in [4.69, 9.17) is 9.47 Å². The summed E-state index contributed by atoms with van der Waals surface area (Å²) < 4.78 is 11.2. The molecule has 0 atom stereocenters. The molecule has 1 amide bonds. The minimum absolute atomic E-state index is 0.237. The van der Waals surface area contributed by atoms with Gasteiger partial charge in [-0.1, -0.05) is 44.2 Å². The van der Waals surface area contributed by atoms with Gasteiger partial charge in [-0.25, -0.2) is 4.79 Å². The van der Waals surface area contributed by atoms with Gasteiger partial charge >= 0.3 is 6.09 Å². The van der Waals surface area contributed by atoms with Gasteiger partial charge < -0.3 is 14.6 Å². The van der Waals surface area contributed by atoms with Gasteiger partial charge in [-0.3, -0.25) is 4.90 Å². The lowest BCUT2D eigenvalue weighted by Gasteiger charge is -2.36. The fourth-order valence-electron chi connectivity index (χ4n) is 2.21. The fourth-order valence-corrected chi connectivity index (χ4v) is 2.21. The maximum Gasteiger partial charge on any atom is 0.408 e. The van der Waals surface area contributed by atoms with E-state index in [0.29, 0.717) is 19.8 Å². The zero-order valence-electron chi connectivity index (χ0n) is 11.9. The van der Waals surface area contributed by atoms with Gasteiger partial charge in [-0.2, -0.15) is 0 Å². The average molecular weight is 279 g/mol. The minimum atomic E-state index is -0.950. The second-order valence-electron chi connectivity index (χ2n) is 5.33. The molecule has 1 saturated heterocycles. The van der Waals surface area contributed by atoms with Crippen LogP contribution in [0.2, 0.25) is 0 Å². The first-order valence-electron chi connectivity index (χ1n) is 6.84. The van der Waals surface area contributed by atoms with Crippen molar-refractivity contribution in [1.29, 1.82) is 0 Å². The molecule has 20 heavy (non-hydrogen) atoms. The third-order valence-corrected chi connectivity index (χ3v) is 3.33. The molecule has 5 heteroatoms. The third kappa shape index (κ3) is 3.71. The van der Waals surface area contributed by atoms with Crippen LogP contribution in [0.1, 0.15) is 19.4 Å². The normalized spacial score (nSPS) is 22.8. The van der Waals surface area contributed by atoms with E-state index in [1.54, 1.807) is 0 Å². The maximum absolute atomic E-state index is 11.4. The van der Waals surface area contributed by atoms with E-state index in [9.17, 15) is 9.90 Å². The van der Waals surface area contributed by atoms with Gasteiger partial charge in [-0.15, -0.1) is 0 Å². The number of benzene rings is 1. The molecule has 0 unspecified atom stereocenters. The SMILES string of the molecule is CC(C)C1OCC(N(Cc2ccccc2)C(=O)O)CO1. The maximum atomic E-state index is 11.4. The van der Waals surface area contributed by atoms with Crippen molar-refractivity contribution in [3.63, 3.8) is 0 Å². The zero-order valence-corrected chi connectivity index (χ0v) is 11.9. The van der Waals surface area contributed by atoms with Crippen LogP contribution >= 0.6 is 0 Å². The van der Waals surface area contributed by atoms with E-state index in [-0.39, 0.29) is 18.2 Å². The Balaban J connectivity index is 1.98. The first-order valence-corrected chi connectivity index (χ1v) is 6.84. The summed E-state index contributed by atoms with van der Waals surface area (Å²) in [5.74, 6) is 0.267. The van der Waals surface area contributed by atoms with Crippen LogP contribution in [0.4, 0.5) is 4.79 Å². The van der Waals surface area contributed by atoms with Crippen LogP contribution in [-0.2, 0) is 16.0 Å². The molecule has 0 bridgehead atoms. The highest BCUT2D eigenvalue weighted by atomic mass is 16.7. The lowest BCUT2D eigenvalue weighted by molar-refractivity contribution is -0.220. The summed E-state index contributed by atoms with van der Waals surface area (Å²) in [4.78, 5) is 12.8. The Labute approximate surface area is 119 Å². The Kier molecular flexibility index (Phi) is 4.98. The van der Waals surface area contributed by atoms with Crippen molar-refractivity contribution in [3.05, 3.63) is 35.9 Å². The molecule has 1 aromatic carbocycles. The quantitative estimate of drug-likeness (QED) is 0.920. The summed E-state index contributed by atoms with van der Waals surface area (Å²) in [6.45, 7) is 5.14. The number of hydrogen-bond acceptors (Lipinski definition) is 3. The first kappa shape index (κ1) is 14.8. The summed E-state index contributed by atoms with van der Waals surface area (Å²) in [7, 11) is 0. The molecule has 1 aliphatic rings. The van der Waals surface area contributed by atoms with Crippen LogP contribution in [0.5, 0.6) is 0 Å². The summed E-state index contributed by atoms with van der Waals surface area (Å²) in [6, 6.07) is 9.28. The van der Waals surface area contributed by atoms with Crippen LogP contribution in [0, 0.1) is 5.92 Å². The molecule has 0 aliphatic carbocycles. The molecule has 0 spiro atoms. The summed E-state index contributed by atoms with van der Waals surface area (Å²) in [5, 5.41) is 9.38. The van der Waals surface area contributed by atoms with Crippen molar-refractivity contribution in [2.75, 3.05) is 13.2 Å². The fraction of sp³-hybridized carbons (Fsp3) is 0.533. The first-order chi connectivity index (χ1) is 9.58. The van der Waals surface area contributed by atoms with Crippen molar-refractivity contribution in [2.45, 2.75) is 32.7 Å². The molecule has 0 radical (unpaired) electrons. The molecule has 0 aromatic heterocycles. The van der Waals surface area contributed by atoms with E-state index in [2.05, 4.69) is 0 Å². The Bertz CT molecular complexity index is 427. The van der Waals surface area contributed by atoms with Gasteiger partial charge in [0.05, 0.1) is 19.3 Å². The van der Waals surface area contributed by atoms with E-state index in [1.165, 1.54) is 4.90 Å². The predicted octanol–water partition coefficient (Wildman–Crippen LogP) is 2.56. The van der Waals surface area contributed by atoms with Gasteiger partial charge in [0, 0.05) is 12.5 Å². The molecular formula is C15H21NO4.